The van der Waals surface area contributed by atoms with Crippen molar-refractivity contribution in [1.82, 2.24) is 9.78 Å². The Hall–Kier alpha value is -3.21. The van der Waals surface area contributed by atoms with E-state index in [1.54, 1.807) is 4.68 Å². The zero-order valence-electron chi connectivity index (χ0n) is 17.0. The maximum absolute atomic E-state index is 5.96. The number of nitrogens with zero attached hydrogens (tertiary/aromatic N) is 2. The van der Waals surface area contributed by atoms with E-state index in [1.807, 2.05) is 75.5 Å². The van der Waals surface area contributed by atoms with Gasteiger partial charge >= 0.3 is 0 Å². The van der Waals surface area contributed by atoms with Crippen LogP contribution in [0.2, 0.25) is 0 Å². The molecule has 0 amide bonds. The molecule has 0 N–H and O–H groups in total. The number of allylic oxidation sites excluding steroid dienone is 1. The second-order valence-corrected chi connectivity index (χ2v) is 6.88. The first kappa shape index (κ1) is 19.5. The standard InChI is InChI=1S/C23H26N2O3/c1-16(2)14-15-26-19-6-8-20(9-7-19)27-21-10-12-22(13-11-21)28-23-17(3)18(4)24-25(23)5/h6-14H,15H2,1-5H3. The van der Waals surface area contributed by atoms with Gasteiger partial charge in [0.05, 0.1) is 5.69 Å². The summed E-state index contributed by atoms with van der Waals surface area (Å²) in [6.07, 6.45) is 2.04. The molecular formula is C23H26N2O3. The fourth-order valence-electron chi connectivity index (χ4n) is 2.62. The van der Waals surface area contributed by atoms with Crippen LogP contribution in [-0.4, -0.2) is 16.4 Å². The van der Waals surface area contributed by atoms with Gasteiger partial charge in [-0.2, -0.15) is 5.10 Å². The van der Waals surface area contributed by atoms with Crippen LogP contribution in [0.1, 0.15) is 25.1 Å². The highest BCUT2D eigenvalue weighted by molar-refractivity contribution is 5.40. The Morgan fingerprint density at radius 1 is 0.857 bits per heavy atom. The van der Waals surface area contributed by atoms with Gasteiger partial charge in [0.2, 0.25) is 5.88 Å². The van der Waals surface area contributed by atoms with Crippen molar-refractivity contribution in [1.29, 1.82) is 0 Å². The zero-order chi connectivity index (χ0) is 20.1. The summed E-state index contributed by atoms with van der Waals surface area (Å²) in [5.41, 5.74) is 3.24. The molecule has 0 aliphatic heterocycles. The monoisotopic (exact) mass is 378 g/mol. The highest BCUT2D eigenvalue weighted by Crippen LogP contribution is 2.29. The molecule has 0 saturated carbocycles. The van der Waals surface area contributed by atoms with Crippen LogP contribution in [0, 0.1) is 13.8 Å². The van der Waals surface area contributed by atoms with E-state index in [0.717, 1.165) is 40.1 Å². The van der Waals surface area contributed by atoms with Gasteiger partial charge in [0.25, 0.3) is 0 Å². The molecule has 1 aromatic heterocycles. The molecule has 5 heteroatoms. The number of benzene rings is 2. The molecule has 0 aliphatic carbocycles. The van der Waals surface area contributed by atoms with Gasteiger partial charge in [-0.3, -0.25) is 0 Å². The number of hydrogen-bond donors (Lipinski definition) is 0. The van der Waals surface area contributed by atoms with Crippen LogP contribution in [0.3, 0.4) is 0 Å². The predicted molar refractivity (Wildman–Crippen MR) is 111 cm³/mol. The second kappa shape index (κ2) is 8.65. The van der Waals surface area contributed by atoms with Gasteiger partial charge in [0.1, 0.15) is 29.6 Å². The van der Waals surface area contributed by atoms with Crippen LogP contribution in [0.15, 0.2) is 60.2 Å². The third kappa shape index (κ3) is 4.94. The lowest BCUT2D eigenvalue weighted by Crippen LogP contribution is -1.96. The largest absolute Gasteiger partial charge is 0.490 e. The van der Waals surface area contributed by atoms with E-state index >= 15 is 0 Å². The summed E-state index contributed by atoms with van der Waals surface area (Å²) in [6, 6.07) is 15.1. The fraction of sp³-hybridized carbons (Fsp3) is 0.261. The summed E-state index contributed by atoms with van der Waals surface area (Å²) in [5.74, 6) is 3.79. The molecule has 3 rings (SSSR count). The molecule has 0 fully saturated rings. The van der Waals surface area contributed by atoms with Crippen LogP contribution >= 0.6 is 0 Å². The first-order valence-electron chi connectivity index (χ1n) is 9.24. The lowest BCUT2D eigenvalue weighted by atomic mass is 10.3. The summed E-state index contributed by atoms with van der Waals surface area (Å²) in [6.45, 7) is 8.64. The number of rotatable bonds is 7. The van der Waals surface area contributed by atoms with E-state index < -0.39 is 0 Å². The van der Waals surface area contributed by atoms with E-state index in [2.05, 4.69) is 18.9 Å². The second-order valence-electron chi connectivity index (χ2n) is 6.88. The number of aromatic nitrogens is 2. The van der Waals surface area contributed by atoms with Gasteiger partial charge in [-0.15, -0.1) is 0 Å². The normalized spacial score (nSPS) is 10.5. The molecule has 28 heavy (non-hydrogen) atoms. The number of hydrogen-bond acceptors (Lipinski definition) is 4. The van der Waals surface area contributed by atoms with E-state index in [0.29, 0.717) is 6.61 Å². The number of ether oxygens (including phenoxy) is 3. The molecule has 0 aliphatic rings. The molecule has 0 atom stereocenters. The fourth-order valence-corrected chi connectivity index (χ4v) is 2.62. The van der Waals surface area contributed by atoms with E-state index in [-0.39, 0.29) is 0 Å². The van der Waals surface area contributed by atoms with Gasteiger partial charge in [-0.1, -0.05) is 5.57 Å². The Labute approximate surface area is 166 Å². The molecule has 3 aromatic rings. The molecule has 1 heterocycles. The number of aryl methyl sites for hydroxylation is 2. The quantitative estimate of drug-likeness (QED) is 0.475. The van der Waals surface area contributed by atoms with Crippen LogP contribution in [0.5, 0.6) is 28.9 Å². The summed E-state index contributed by atoms with van der Waals surface area (Å²) in [7, 11) is 1.87. The summed E-state index contributed by atoms with van der Waals surface area (Å²) < 4.78 is 19.3. The van der Waals surface area contributed by atoms with Gasteiger partial charge in [0.15, 0.2) is 0 Å². The lowest BCUT2D eigenvalue weighted by molar-refractivity contribution is 0.361. The Bertz CT molecular complexity index is 951. The van der Waals surface area contributed by atoms with Gasteiger partial charge in [-0.05, 0) is 82.3 Å². The van der Waals surface area contributed by atoms with Crippen LogP contribution in [0.25, 0.3) is 0 Å². The first-order chi connectivity index (χ1) is 13.4. The van der Waals surface area contributed by atoms with Gasteiger partial charge in [-0.25, -0.2) is 4.68 Å². The van der Waals surface area contributed by atoms with Gasteiger partial charge in [0, 0.05) is 12.6 Å². The minimum Gasteiger partial charge on any atom is -0.490 e. The van der Waals surface area contributed by atoms with E-state index in [4.69, 9.17) is 14.2 Å². The molecule has 0 saturated heterocycles. The lowest BCUT2D eigenvalue weighted by Gasteiger charge is -2.10. The van der Waals surface area contributed by atoms with Crippen molar-refractivity contribution in [3.8, 4) is 28.9 Å². The van der Waals surface area contributed by atoms with Crippen LogP contribution in [0.4, 0.5) is 0 Å². The van der Waals surface area contributed by atoms with E-state index in [9.17, 15) is 0 Å². The molecular weight excluding hydrogens is 352 g/mol. The average Bonchev–Trinajstić information content (AvgIpc) is 2.90. The third-order valence-corrected chi connectivity index (χ3v) is 4.30. The molecule has 146 valence electrons. The molecule has 0 bridgehead atoms. The third-order valence-electron chi connectivity index (χ3n) is 4.30. The Kier molecular flexibility index (Phi) is 6.04. The molecule has 0 radical (unpaired) electrons. The van der Waals surface area contributed by atoms with Crippen molar-refractivity contribution in [3.05, 3.63) is 71.4 Å². The van der Waals surface area contributed by atoms with Crippen LogP contribution < -0.4 is 14.2 Å². The van der Waals surface area contributed by atoms with Crippen molar-refractivity contribution in [3.63, 3.8) is 0 Å². The van der Waals surface area contributed by atoms with Gasteiger partial charge < -0.3 is 14.2 Å². The molecule has 0 spiro atoms. The Morgan fingerprint density at radius 2 is 1.36 bits per heavy atom. The Balaban J connectivity index is 1.60. The van der Waals surface area contributed by atoms with Crippen molar-refractivity contribution < 1.29 is 14.2 Å². The first-order valence-corrected chi connectivity index (χ1v) is 9.24. The Morgan fingerprint density at radius 3 is 1.82 bits per heavy atom. The van der Waals surface area contributed by atoms with Crippen molar-refractivity contribution in [2.75, 3.05) is 6.61 Å². The zero-order valence-corrected chi connectivity index (χ0v) is 17.0. The summed E-state index contributed by atoms with van der Waals surface area (Å²) in [4.78, 5) is 0. The maximum atomic E-state index is 5.96. The molecule has 5 nitrogen and oxygen atoms in total. The van der Waals surface area contributed by atoms with Crippen molar-refractivity contribution >= 4 is 0 Å². The highest BCUT2D eigenvalue weighted by atomic mass is 16.5. The topological polar surface area (TPSA) is 45.5 Å². The molecule has 2 aromatic carbocycles. The smallest absolute Gasteiger partial charge is 0.220 e. The van der Waals surface area contributed by atoms with Crippen molar-refractivity contribution in [2.24, 2.45) is 7.05 Å². The van der Waals surface area contributed by atoms with E-state index in [1.165, 1.54) is 5.57 Å². The SMILES string of the molecule is CC(C)=CCOc1ccc(Oc2ccc(Oc3c(C)c(C)nn3C)cc2)cc1. The minimum atomic E-state index is 0.569. The maximum Gasteiger partial charge on any atom is 0.220 e. The van der Waals surface area contributed by atoms with Crippen LogP contribution in [-0.2, 0) is 7.05 Å². The summed E-state index contributed by atoms with van der Waals surface area (Å²) >= 11 is 0. The summed E-state index contributed by atoms with van der Waals surface area (Å²) in [5, 5.41) is 4.37. The predicted octanol–water partition coefficient (Wildman–Crippen LogP) is 5.97. The van der Waals surface area contributed by atoms with Crippen molar-refractivity contribution in [2.45, 2.75) is 27.7 Å². The minimum absolute atomic E-state index is 0.569. The highest BCUT2D eigenvalue weighted by Gasteiger charge is 2.11. The average molecular weight is 378 g/mol. The molecule has 0 unspecified atom stereocenters.